The highest BCUT2D eigenvalue weighted by Crippen LogP contribution is 2.39. The van der Waals surface area contributed by atoms with E-state index in [9.17, 15) is 4.79 Å². The summed E-state index contributed by atoms with van der Waals surface area (Å²) in [5.74, 6) is -0.349. The van der Waals surface area contributed by atoms with Gasteiger partial charge in [-0.3, -0.25) is 4.79 Å². The van der Waals surface area contributed by atoms with Crippen molar-refractivity contribution in [1.82, 2.24) is 0 Å². The summed E-state index contributed by atoms with van der Waals surface area (Å²) < 4.78 is 0. The molecule has 0 spiro atoms. The third kappa shape index (κ3) is 1.53. The molecule has 1 aliphatic carbocycles. The van der Waals surface area contributed by atoms with Gasteiger partial charge in [-0.25, -0.2) is 0 Å². The molecule has 0 amide bonds. The second-order valence-electron chi connectivity index (χ2n) is 3.89. The van der Waals surface area contributed by atoms with E-state index < -0.39 is 11.4 Å². The molecule has 0 unspecified atom stereocenters. The van der Waals surface area contributed by atoms with Gasteiger partial charge in [0, 0.05) is 6.04 Å². The zero-order valence-electron chi connectivity index (χ0n) is 7.00. The van der Waals surface area contributed by atoms with E-state index in [4.69, 9.17) is 10.8 Å². The molecule has 0 aromatic carbocycles. The molecule has 3 heteroatoms. The second kappa shape index (κ2) is 2.48. The van der Waals surface area contributed by atoms with E-state index in [-0.39, 0.29) is 6.04 Å². The van der Waals surface area contributed by atoms with Gasteiger partial charge < -0.3 is 10.8 Å². The third-order valence-corrected chi connectivity index (χ3v) is 2.51. The Balaban J connectivity index is 2.61. The van der Waals surface area contributed by atoms with Crippen molar-refractivity contribution in [1.29, 1.82) is 0 Å². The van der Waals surface area contributed by atoms with Crippen molar-refractivity contribution >= 4 is 5.97 Å². The average molecular weight is 157 g/mol. The monoisotopic (exact) mass is 157 g/mol. The van der Waals surface area contributed by atoms with Crippen LogP contribution >= 0.6 is 0 Å². The molecule has 3 N–H and O–H groups in total. The highest BCUT2D eigenvalue weighted by Gasteiger charge is 2.43. The average Bonchev–Trinajstić information content (AvgIpc) is 2.66. The normalized spacial score (nSPS) is 21.4. The predicted octanol–water partition coefficient (Wildman–Crippen LogP) is 0.834. The van der Waals surface area contributed by atoms with Gasteiger partial charge in [0.25, 0.3) is 0 Å². The van der Waals surface area contributed by atoms with Crippen molar-refractivity contribution in [2.45, 2.75) is 32.7 Å². The summed E-state index contributed by atoms with van der Waals surface area (Å²) in [5, 5.41) is 8.81. The molecule has 0 aliphatic heterocycles. The summed E-state index contributed by atoms with van der Waals surface area (Å²) in [4.78, 5) is 10.7. The Kier molecular flexibility index (Phi) is 1.92. The third-order valence-electron chi connectivity index (χ3n) is 2.51. The quantitative estimate of drug-likeness (QED) is 0.638. The molecule has 0 radical (unpaired) electrons. The smallest absolute Gasteiger partial charge is 0.310 e. The van der Waals surface area contributed by atoms with Crippen molar-refractivity contribution < 1.29 is 9.90 Å². The molecule has 0 saturated heterocycles. The highest BCUT2D eigenvalue weighted by atomic mass is 16.4. The van der Waals surface area contributed by atoms with Crippen molar-refractivity contribution in [2.75, 3.05) is 0 Å². The number of carboxylic acids is 1. The summed E-state index contributed by atoms with van der Waals surface area (Å²) in [7, 11) is 0. The maximum atomic E-state index is 10.7. The summed E-state index contributed by atoms with van der Waals surface area (Å²) in [6, 6.07) is -0.181. The van der Waals surface area contributed by atoms with E-state index in [2.05, 4.69) is 0 Å². The Bertz CT molecular complexity index is 173. The standard InChI is InChI=1S/C8H15NO2/c1-8(2,7(10)11)6(9)5-3-4-5/h5-6H,3-4,9H2,1-2H3,(H,10,11)/t6-/m0/s1. The first-order chi connectivity index (χ1) is 4.96. The van der Waals surface area contributed by atoms with E-state index in [1.165, 1.54) is 0 Å². The first-order valence-electron chi connectivity index (χ1n) is 3.95. The Morgan fingerprint density at radius 3 is 2.36 bits per heavy atom. The molecule has 0 heterocycles. The van der Waals surface area contributed by atoms with Gasteiger partial charge in [-0.1, -0.05) is 0 Å². The van der Waals surface area contributed by atoms with Gasteiger partial charge in [0.1, 0.15) is 0 Å². The van der Waals surface area contributed by atoms with E-state index >= 15 is 0 Å². The Labute approximate surface area is 66.6 Å². The van der Waals surface area contributed by atoms with Gasteiger partial charge in [-0.15, -0.1) is 0 Å². The first-order valence-corrected chi connectivity index (χ1v) is 3.95. The van der Waals surface area contributed by atoms with Crippen LogP contribution in [0.5, 0.6) is 0 Å². The molecule has 1 aliphatic rings. The molecular formula is C8H15NO2. The molecule has 1 fully saturated rings. The number of nitrogens with two attached hydrogens (primary N) is 1. The summed E-state index contributed by atoms with van der Waals surface area (Å²) in [6.07, 6.45) is 2.19. The van der Waals surface area contributed by atoms with Crippen LogP contribution in [0, 0.1) is 11.3 Å². The van der Waals surface area contributed by atoms with Crippen LogP contribution in [-0.4, -0.2) is 17.1 Å². The minimum Gasteiger partial charge on any atom is -0.481 e. The van der Waals surface area contributed by atoms with Gasteiger partial charge >= 0.3 is 5.97 Å². The van der Waals surface area contributed by atoms with Gasteiger partial charge in [-0.2, -0.15) is 0 Å². The van der Waals surface area contributed by atoms with Crippen LogP contribution in [0.1, 0.15) is 26.7 Å². The van der Waals surface area contributed by atoms with Crippen LogP contribution in [0.25, 0.3) is 0 Å². The van der Waals surface area contributed by atoms with Gasteiger partial charge in [0.15, 0.2) is 0 Å². The molecule has 1 saturated carbocycles. The Morgan fingerprint density at radius 2 is 2.09 bits per heavy atom. The van der Waals surface area contributed by atoms with Crippen molar-refractivity contribution in [3.05, 3.63) is 0 Å². The van der Waals surface area contributed by atoms with Crippen LogP contribution < -0.4 is 5.73 Å². The molecule has 0 bridgehead atoms. The van der Waals surface area contributed by atoms with E-state index in [0.29, 0.717) is 5.92 Å². The van der Waals surface area contributed by atoms with Gasteiger partial charge in [-0.05, 0) is 32.6 Å². The molecule has 1 atom stereocenters. The molecule has 3 nitrogen and oxygen atoms in total. The fraction of sp³-hybridized carbons (Fsp3) is 0.875. The maximum Gasteiger partial charge on any atom is 0.310 e. The number of hydrogen-bond acceptors (Lipinski definition) is 2. The highest BCUT2D eigenvalue weighted by molar-refractivity contribution is 5.74. The number of carbonyl (C=O) groups is 1. The van der Waals surface area contributed by atoms with Crippen molar-refractivity contribution in [3.63, 3.8) is 0 Å². The van der Waals surface area contributed by atoms with E-state index in [0.717, 1.165) is 12.8 Å². The van der Waals surface area contributed by atoms with E-state index in [1.807, 2.05) is 0 Å². The number of carboxylic acid groups (broad SMARTS) is 1. The molecule has 11 heavy (non-hydrogen) atoms. The number of rotatable bonds is 3. The largest absolute Gasteiger partial charge is 0.481 e. The van der Waals surface area contributed by atoms with Crippen LogP contribution in [0.3, 0.4) is 0 Å². The van der Waals surface area contributed by atoms with Crippen LogP contribution in [0.4, 0.5) is 0 Å². The minimum absolute atomic E-state index is 0.181. The lowest BCUT2D eigenvalue weighted by Gasteiger charge is -2.26. The van der Waals surface area contributed by atoms with Crippen LogP contribution in [0.2, 0.25) is 0 Å². The summed E-state index contributed by atoms with van der Waals surface area (Å²) >= 11 is 0. The van der Waals surface area contributed by atoms with Gasteiger partial charge in [0.2, 0.25) is 0 Å². The molecule has 1 rings (SSSR count). The first kappa shape index (κ1) is 8.53. The molecular weight excluding hydrogens is 142 g/mol. The fourth-order valence-electron chi connectivity index (χ4n) is 1.19. The van der Waals surface area contributed by atoms with E-state index in [1.54, 1.807) is 13.8 Å². The molecule has 0 aromatic heterocycles. The summed E-state index contributed by atoms with van der Waals surface area (Å²) in [5.41, 5.74) is 5.01. The SMILES string of the molecule is CC(C)(C(=O)O)[C@@H](N)C1CC1. The number of aliphatic carboxylic acids is 1. The lowest BCUT2D eigenvalue weighted by Crippen LogP contribution is -2.44. The number of hydrogen-bond donors (Lipinski definition) is 2. The molecule has 0 aromatic rings. The van der Waals surface area contributed by atoms with Crippen molar-refractivity contribution in [3.8, 4) is 0 Å². The Morgan fingerprint density at radius 1 is 1.64 bits per heavy atom. The lowest BCUT2D eigenvalue weighted by molar-refractivity contribution is -0.148. The molecule has 64 valence electrons. The second-order valence-corrected chi connectivity index (χ2v) is 3.89. The lowest BCUT2D eigenvalue weighted by atomic mass is 9.82. The fourth-order valence-corrected chi connectivity index (χ4v) is 1.19. The van der Waals surface area contributed by atoms with Gasteiger partial charge in [0.05, 0.1) is 5.41 Å². The van der Waals surface area contributed by atoms with Crippen molar-refractivity contribution in [2.24, 2.45) is 17.1 Å². The van der Waals surface area contributed by atoms with Crippen LogP contribution in [-0.2, 0) is 4.79 Å². The zero-order valence-corrected chi connectivity index (χ0v) is 7.00. The zero-order chi connectivity index (χ0) is 8.65. The topological polar surface area (TPSA) is 63.3 Å². The predicted molar refractivity (Wildman–Crippen MR) is 42.1 cm³/mol. The summed E-state index contributed by atoms with van der Waals surface area (Å²) in [6.45, 7) is 3.39. The minimum atomic E-state index is -0.795. The maximum absolute atomic E-state index is 10.7. The van der Waals surface area contributed by atoms with Crippen LogP contribution in [0.15, 0.2) is 0 Å². The Hall–Kier alpha value is -0.570.